The predicted molar refractivity (Wildman–Crippen MR) is 82.8 cm³/mol. The van der Waals surface area contributed by atoms with E-state index in [-0.39, 0.29) is 6.10 Å². The molecule has 2 rings (SSSR count). The van der Waals surface area contributed by atoms with E-state index in [1.807, 2.05) is 19.9 Å². The number of ether oxygens (including phenoxy) is 1. The Morgan fingerprint density at radius 2 is 2.15 bits per heavy atom. The molecule has 2 atom stereocenters. The van der Waals surface area contributed by atoms with Gasteiger partial charge in [-0.25, -0.2) is 4.98 Å². The van der Waals surface area contributed by atoms with Crippen LogP contribution in [0.2, 0.25) is 0 Å². The summed E-state index contributed by atoms with van der Waals surface area (Å²) in [5, 5.41) is 3.70. The van der Waals surface area contributed by atoms with Crippen molar-refractivity contribution in [2.45, 2.75) is 66.2 Å². The average molecular weight is 276 g/mol. The highest BCUT2D eigenvalue weighted by atomic mass is 16.5. The van der Waals surface area contributed by atoms with Crippen LogP contribution in [-0.4, -0.2) is 17.1 Å². The fourth-order valence-electron chi connectivity index (χ4n) is 3.30. The first-order chi connectivity index (χ1) is 9.37. The van der Waals surface area contributed by atoms with Crippen LogP contribution in [0.25, 0.3) is 0 Å². The van der Waals surface area contributed by atoms with E-state index >= 15 is 0 Å². The summed E-state index contributed by atoms with van der Waals surface area (Å²) in [5.41, 5.74) is 1.61. The van der Waals surface area contributed by atoms with Crippen molar-refractivity contribution in [3.63, 3.8) is 0 Å². The third kappa shape index (κ3) is 3.95. The zero-order valence-corrected chi connectivity index (χ0v) is 13.4. The summed E-state index contributed by atoms with van der Waals surface area (Å²) in [6, 6.07) is 4.67. The number of nitrogens with one attached hydrogen (secondary N) is 1. The smallest absolute Gasteiger partial charge is 0.218 e. The molecule has 1 aliphatic rings. The molecule has 1 heterocycles. The van der Waals surface area contributed by atoms with Crippen molar-refractivity contribution in [3.8, 4) is 5.88 Å². The molecule has 1 aliphatic carbocycles. The Balaban J connectivity index is 1.97. The van der Waals surface area contributed by atoms with Crippen molar-refractivity contribution in [2.75, 3.05) is 0 Å². The van der Waals surface area contributed by atoms with E-state index in [4.69, 9.17) is 4.74 Å². The topological polar surface area (TPSA) is 34.1 Å². The van der Waals surface area contributed by atoms with Gasteiger partial charge in [-0.2, -0.15) is 0 Å². The van der Waals surface area contributed by atoms with Gasteiger partial charge in [0, 0.05) is 24.3 Å². The Kier molecular flexibility index (Phi) is 4.69. The van der Waals surface area contributed by atoms with E-state index in [1.54, 1.807) is 6.20 Å². The quantitative estimate of drug-likeness (QED) is 0.888. The molecule has 0 saturated heterocycles. The lowest BCUT2D eigenvalue weighted by Crippen LogP contribution is -2.31. The Hall–Kier alpha value is -1.09. The molecular formula is C17H28N2O. The maximum atomic E-state index is 5.78. The summed E-state index contributed by atoms with van der Waals surface area (Å²) in [4.78, 5) is 4.35. The third-order valence-electron chi connectivity index (χ3n) is 4.09. The monoisotopic (exact) mass is 276 g/mol. The minimum atomic E-state index is 0.160. The molecule has 0 amide bonds. The highest BCUT2D eigenvalue weighted by molar-refractivity contribution is 5.25. The van der Waals surface area contributed by atoms with E-state index in [2.05, 4.69) is 37.1 Å². The lowest BCUT2D eigenvalue weighted by atomic mass is 9.91. The van der Waals surface area contributed by atoms with Gasteiger partial charge in [-0.1, -0.05) is 26.8 Å². The van der Waals surface area contributed by atoms with E-state index < -0.39 is 0 Å². The van der Waals surface area contributed by atoms with Gasteiger partial charge in [-0.3, -0.25) is 0 Å². The second-order valence-corrected chi connectivity index (χ2v) is 7.17. The first kappa shape index (κ1) is 15.3. The minimum Gasteiger partial charge on any atom is -0.475 e. The second kappa shape index (κ2) is 6.13. The van der Waals surface area contributed by atoms with Crippen LogP contribution < -0.4 is 10.1 Å². The third-order valence-corrected chi connectivity index (χ3v) is 4.09. The van der Waals surface area contributed by atoms with Gasteiger partial charge in [0.05, 0.1) is 6.10 Å². The van der Waals surface area contributed by atoms with Gasteiger partial charge >= 0.3 is 0 Å². The summed E-state index contributed by atoms with van der Waals surface area (Å²) in [7, 11) is 0. The van der Waals surface area contributed by atoms with Crippen molar-refractivity contribution < 1.29 is 4.74 Å². The van der Waals surface area contributed by atoms with Crippen molar-refractivity contribution >= 4 is 0 Å². The van der Waals surface area contributed by atoms with E-state index in [0.717, 1.165) is 23.9 Å². The number of hydrogen-bond donors (Lipinski definition) is 1. The molecule has 20 heavy (non-hydrogen) atoms. The SMILES string of the molecule is CC(C)Oc1ncccc1CNC1CC(C)(C)CC1C. The number of aromatic nitrogens is 1. The maximum absolute atomic E-state index is 5.78. The molecule has 0 spiro atoms. The molecule has 0 aromatic carbocycles. The zero-order valence-electron chi connectivity index (χ0n) is 13.4. The molecule has 2 unspecified atom stereocenters. The van der Waals surface area contributed by atoms with Crippen molar-refractivity contribution in [1.82, 2.24) is 10.3 Å². The molecule has 1 N–H and O–H groups in total. The van der Waals surface area contributed by atoms with Crippen LogP contribution >= 0.6 is 0 Å². The molecule has 1 aromatic rings. The normalized spacial score (nSPS) is 25.1. The van der Waals surface area contributed by atoms with E-state index in [1.165, 1.54) is 12.8 Å². The van der Waals surface area contributed by atoms with Crippen LogP contribution in [0.4, 0.5) is 0 Å². The fourth-order valence-corrected chi connectivity index (χ4v) is 3.30. The number of hydrogen-bond acceptors (Lipinski definition) is 3. The molecule has 0 radical (unpaired) electrons. The Labute approximate surface area is 123 Å². The van der Waals surface area contributed by atoms with Crippen LogP contribution in [0.15, 0.2) is 18.3 Å². The molecular weight excluding hydrogens is 248 g/mol. The van der Waals surface area contributed by atoms with Gasteiger partial charge in [0.25, 0.3) is 0 Å². The van der Waals surface area contributed by atoms with Gasteiger partial charge in [0.2, 0.25) is 5.88 Å². The van der Waals surface area contributed by atoms with Crippen LogP contribution in [0.3, 0.4) is 0 Å². The lowest BCUT2D eigenvalue weighted by Gasteiger charge is -2.20. The molecule has 1 fully saturated rings. The average Bonchev–Trinajstić information content (AvgIpc) is 2.60. The van der Waals surface area contributed by atoms with E-state index in [0.29, 0.717) is 11.5 Å². The Morgan fingerprint density at radius 1 is 1.40 bits per heavy atom. The van der Waals surface area contributed by atoms with Crippen LogP contribution in [0.1, 0.15) is 53.0 Å². The summed E-state index contributed by atoms with van der Waals surface area (Å²) < 4.78 is 5.78. The van der Waals surface area contributed by atoms with E-state index in [9.17, 15) is 0 Å². The second-order valence-electron chi connectivity index (χ2n) is 7.17. The molecule has 112 valence electrons. The predicted octanol–water partition coefficient (Wildman–Crippen LogP) is 3.78. The van der Waals surface area contributed by atoms with Crippen molar-refractivity contribution in [3.05, 3.63) is 23.9 Å². The molecule has 0 aliphatic heterocycles. The standard InChI is InChI=1S/C17H28N2O/c1-12(2)20-16-14(7-6-8-18-16)11-19-15-10-17(4,5)9-13(15)3/h6-8,12-13,15,19H,9-11H2,1-5H3. The lowest BCUT2D eigenvalue weighted by molar-refractivity contribution is 0.229. The van der Waals surface area contributed by atoms with Crippen molar-refractivity contribution in [2.24, 2.45) is 11.3 Å². The van der Waals surface area contributed by atoms with Crippen LogP contribution in [0, 0.1) is 11.3 Å². The van der Waals surface area contributed by atoms with Crippen LogP contribution in [0.5, 0.6) is 5.88 Å². The molecule has 3 heteroatoms. The highest BCUT2D eigenvalue weighted by Gasteiger charge is 2.36. The number of rotatable bonds is 5. The molecule has 0 bridgehead atoms. The Morgan fingerprint density at radius 3 is 2.75 bits per heavy atom. The number of pyridine rings is 1. The van der Waals surface area contributed by atoms with Crippen molar-refractivity contribution in [1.29, 1.82) is 0 Å². The summed E-state index contributed by atoms with van der Waals surface area (Å²) in [6.07, 6.45) is 4.50. The van der Waals surface area contributed by atoms with Gasteiger partial charge in [-0.15, -0.1) is 0 Å². The minimum absolute atomic E-state index is 0.160. The largest absolute Gasteiger partial charge is 0.475 e. The van der Waals surface area contributed by atoms with Gasteiger partial charge < -0.3 is 10.1 Å². The summed E-state index contributed by atoms with van der Waals surface area (Å²) >= 11 is 0. The Bertz CT molecular complexity index is 442. The maximum Gasteiger partial charge on any atom is 0.218 e. The summed E-state index contributed by atoms with van der Waals surface area (Å²) in [6.45, 7) is 12.0. The van der Waals surface area contributed by atoms with Gasteiger partial charge in [0.15, 0.2) is 0 Å². The first-order valence-electron chi connectivity index (χ1n) is 7.71. The summed E-state index contributed by atoms with van der Waals surface area (Å²) in [5.74, 6) is 1.50. The molecule has 3 nitrogen and oxygen atoms in total. The zero-order chi connectivity index (χ0) is 14.8. The number of nitrogens with zero attached hydrogens (tertiary/aromatic N) is 1. The molecule has 1 aromatic heterocycles. The van der Waals surface area contributed by atoms with Gasteiger partial charge in [-0.05, 0) is 44.1 Å². The highest BCUT2D eigenvalue weighted by Crippen LogP contribution is 2.40. The first-order valence-corrected chi connectivity index (χ1v) is 7.71. The van der Waals surface area contributed by atoms with Crippen LogP contribution in [-0.2, 0) is 6.54 Å². The molecule has 1 saturated carbocycles. The van der Waals surface area contributed by atoms with Gasteiger partial charge in [0.1, 0.15) is 0 Å². The fraction of sp³-hybridized carbons (Fsp3) is 0.706.